The maximum absolute atomic E-state index is 12.8. The molecule has 8 heteroatoms. The lowest BCUT2D eigenvalue weighted by atomic mass is 10.1. The third-order valence-corrected chi connectivity index (χ3v) is 4.88. The second-order valence-corrected chi connectivity index (χ2v) is 6.56. The molecule has 0 fully saturated rings. The van der Waals surface area contributed by atoms with Gasteiger partial charge in [-0.15, -0.1) is 11.3 Å². The molecule has 3 aromatic rings. The SMILES string of the molecule is O=C(CSc1ncnc2sccc12)OCC(=O)c1ccc(F)cc1. The summed E-state index contributed by atoms with van der Waals surface area (Å²) in [4.78, 5) is 32.8. The van der Waals surface area contributed by atoms with E-state index in [2.05, 4.69) is 9.97 Å². The number of thiophene rings is 1. The van der Waals surface area contributed by atoms with Gasteiger partial charge in [-0.3, -0.25) is 9.59 Å². The molecule has 0 unspecified atom stereocenters. The van der Waals surface area contributed by atoms with Gasteiger partial charge in [-0.05, 0) is 35.7 Å². The van der Waals surface area contributed by atoms with Crippen molar-refractivity contribution in [2.75, 3.05) is 12.4 Å². The number of ketones is 1. The van der Waals surface area contributed by atoms with E-state index in [4.69, 9.17) is 4.74 Å². The minimum atomic E-state index is -0.516. The molecule has 2 aromatic heterocycles. The van der Waals surface area contributed by atoms with Gasteiger partial charge in [0, 0.05) is 10.9 Å². The molecule has 24 heavy (non-hydrogen) atoms. The van der Waals surface area contributed by atoms with Crippen molar-refractivity contribution in [3.05, 3.63) is 53.4 Å². The number of esters is 1. The molecule has 1 aromatic carbocycles. The maximum atomic E-state index is 12.8. The van der Waals surface area contributed by atoms with Gasteiger partial charge in [-0.2, -0.15) is 0 Å². The van der Waals surface area contributed by atoms with Crippen molar-refractivity contribution < 1.29 is 18.7 Å². The Kier molecular flexibility index (Phi) is 5.17. The topological polar surface area (TPSA) is 69.2 Å². The Morgan fingerprint density at radius 1 is 1.17 bits per heavy atom. The van der Waals surface area contributed by atoms with Gasteiger partial charge in [0.2, 0.25) is 0 Å². The second-order valence-electron chi connectivity index (χ2n) is 4.70. The molecular weight excluding hydrogens is 351 g/mol. The van der Waals surface area contributed by atoms with E-state index in [1.54, 1.807) is 0 Å². The lowest BCUT2D eigenvalue weighted by Crippen LogP contribution is -2.15. The van der Waals surface area contributed by atoms with Gasteiger partial charge in [0.15, 0.2) is 12.4 Å². The Labute approximate surface area is 144 Å². The summed E-state index contributed by atoms with van der Waals surface area (Å²) in [7, 11) is 0. The van der Waals surface area contributed by atoms with Gasteiger partial charge in [0.25, 0.3) is 0 Å². The van der Waals surface area contributed by atoms with Gasteiger partial charge in [0.05, 0.1) is 5.75 Å². The summed E-state index contributed by atoms with van der Waals surface area (Å²) in [6.45, 7) is -0.372. The van der Waals surface area contributed by atoms with Gasteiger partial charge in [0.1, 0.15) is 22.0 Å². The van der Waals surface area contributed by atoms with Crippen molar-refractivity contribution in [1.82, 2.24) is 9.97 Å². The smallest absolute Gasteiger partial charge is 0.316 e. The van der Waals surface area contributed by atoms with Gasteiger partial charge >= 0.3 is 5.97 Å². The number of carbonyl (C=O) groups is 2. The highest BCUT2D eigenvalue weighted by Gasteiger charge is 2.12. The zero-order valence-electron chi connectivity index (χ0n) is 12.3. The standard InChI is InChI=1S/C16H11FN2O3S2/c17-11-3-1-10(2-4-11)13(20)7-22-14(21)8-24-16-12-5-6-23-15(12)18-9-19-16/h1-6,9H,7-8H2. The van der Waals surface area contributed by atoms with E-state index in [1.807, 2.05) is 11.4 Å². The van der Waals surface area contributed by atoms with Crippen LogP contribution in [0.3, 0.4) is 0 Å². The minimum Gasteiger partial charge on any atom is -0.457 e. The summed E-state index contributed by atoms with van der Waals surface area (Å²) >= 11 is 2.73. The highest BCUT2D eigenvalue weighted by Crippen LogP contribution is 2.27. The lowest BCUT2D eigenvalue weighted by Gasteiger charge is -2.05. The van der Waals surface area contributed by atoms with Crippen LogP contribution in [0.1, 0.15) is 10.4 Å². The third kappa shape index (κ3) is 3.95. The van der Waals surface area contributed by atoms with Crippen LogP contribution in [-0.2, 0) is 9.53 Å². The molecule has 2 heterocycles. The Morgan fingerprint density at radius 3 is 2.75 bits per heavy atom. The Morgan fingerprint density at radius 2 is 1.96 bits per heavy atom. The first-order valence-corrected chi connectivity index (χ1v) is 8.75. The Hall–Kier alpha value is -2.32. The summed E-state index contributed by atoms with van der Waals surface area (Å²) in [5.74, 6) is -1.28. The number of hydrogen-bond acceptors (Lipinski definition) is 7. The highest BCUT2D eigenvalue weighted by atomic mass is 32.2. The van der Waals surface area contributed by atoms with Crippen LogP contribution >= 0.6 is 23.1 Å². The number of rotatable bonds is 6. The largest absolute Gasteiger partial charge is 0.457 e. The number of benzene rings is 1. The molecule has 3 rings (SSSR count). The van der Waals surface area contributed by atoms with Crippen LogP contribution in [0.2, 0.25) is 0 Å². The van der Waals surface area contributed by atoms with E-state index in [0.717, 1.165) is 10.2 Å². The number of ether oxygens (including phenoxy) is 1. The summed E-state index contributed by atoms with van der Waals surface area (Å²) in [6.07, 6.45) is 1.45. The number of halogens is 1. The van der Waals surface area contributed by atoms with Crippen molar-refractivity contribution in [2.24, 2.45) is 0 Å². The lowest BCUT2D eigenvalue weighted by molar-refractivity contribution is -0.139. The first-order valence-electron chi connectivity index (χ1n) is 6.89. The van der Waals surface area contributed by atoms with E-state index in [9.17, 15) is 14.0 Å². The molecule has 0 saturated carbocycles. The predicted octanol–water partition coefficient (Wildman–Crippen LogP) is 3.35. The van der Waals surface area contributed by atoms with Crippen LogP contribution in [0.4, 0.5) is 4.39 Å². The van der Waals surface area contributed by atoms with E-state index in [1.165, 1.54) is 53.7 Å². The number of Topliss-reactive ketones (excluding diaryl/α,β-unsaturated/α-hetero) is 1. The van der Waals surface area contributed by atoms with Crippen LogP contribution in [0.25, 0.3) is 10.2 Å². The normalized spacial score (nSPS) is 10.7. The minimum absolute atomic E-state index is 0.0403. The van der Waals surface area contributed by atoms with Gasteiger partial charge in [-0.25, -0.2) is 14.4 Å². The molecule has 0 spiro atoms. The van der Waals surface area contributed by atoms with E-state index in [0.29, 0.717) is 10.6 Å². The van der Waals surface area contributed by atoms with E-state index >= 15 is 0 Å². The fourth-order valence-corrected chi connectivity index (χ4v) is 3.49. The highest BCUT2D eigenvalue weighted by molar-refractivity contribution is 8.00. The predicted molar refractivity (Wildman–Crippen MR) is 89.8 cm³/mol. The third-order valence-electron chi connectivity index (χ3n) is 3.08. The molecule has 0 saturated heterocycles. The van der Waals surface area contributed by atoms with Crippen LogP contribution in [0.15, 0.2) is 47.1 Å². The number of nitrogens with zero attached hydrogens (tertiary/aromatic N) is 2. The van der Waals surface area contributed by atoms with Crippen molar-refractivity contribution in [3.8, 4) is 0 Å². The molecule has 0 bridgehead atoms. The van der Waals surface area contributed by atoms with Crippen molar-refractivity contribution >= 4 is 45.1 Å². The van der Waals surface area contributed by atoms with Crippen molar-refractivity contribution in [1.29, 1.82) is 0 Å². The number of thioether (sulfide) groups is 1. The Bertz CT molecular complexity index is 880. The monoisotopic (exact) mass is 362 g/mol. The average molecular weight is 362 g/mol. The first-order chi connectivity index (χ1) is 11.6. The maximum Gasteiger partial charge on any atom is 0.316 e. The quantitative estimate of drug-likeness (QED) is 0.290. The average Bonchev–Trinajstić information content (AvgIpc) is 3.07. The van der Waals surface area contributed by atoms with Crippen LogP contribution in [0.5, 0.6) is 0 Å². The summed E-state index contributed by atoms with van der Waals surface area (Å²) in [5, 5.41) is 3.49. The van der Waals surface area contributed by atoms with Crippen LogP contribution in [-0.4, -0.2) is 34.1 Å². The summed E-state index contributed by atoms with van der Waals surface area (Å²) < 4.78 is 17.8. The number of hydrogen-bond donors (Lipinski definition) is 0. The number of fused-ring (bicyclic) bond motifs is 1. The van der Waals surface area contributed by atoms with E-state index in [-0.39, 0.29) is 18.1 Å². The number of carbonyl (C=O) groups excluding carboxylic acids is 2. The molecular formula is C16H11FN2O3S2. The molecule has 5 nitrogen and oxygen atoms in total. The van der Waals surface area contributed by atoms with Crippen LogP contribution < -0.4 is 0 Å². The zero-order chi connectivity index (χ0) is 16.9. The van der Waals surface area contributed by atoms with Crippen molar-refractivity contribution in [2.45, 2.75) is 5.03 Å². The molecule has 0 aliphatic heterocycles. The summed E-state index contributed by atoms with van der Waals surface area (Å²) in [5.41, 5.74) is 0.299. The Balaban J connectivity index is 1.52. The second kappa shape index (κ2) is 7.50. The van der Waals surface area contributed by atoms with E-state index < -0.39 is 11.8 Å². The number of aromatic nitrogens is 2. The van der Waals surface area contributed by atoms with Gasteiger partial charge in [-0.1, -0.05) is 11.8 Å². The molecule has 0 aliphatic carbocycles. The molecule has 0 aliphatic rings. The molecule has 0 atom stereocenters. The fraction of sp³-hybridized carbons (Fsp3) is 0.125. The fourth-order valence-electron chi connectivity index (χ4n) is 1.92. The zero-order valence-corrected chi connectivity index (χ0v) is 13.9. The molecule has 122 valence electrons. The van der Waals surface area contributed by atoms with Crippen LogP contribution in [0, 0.1) is 5.82 Å². The molecule has 0 N–H and O–H groups in total. The van der Waals surface area contributed by atoms with Crippen molar-refractivity contribution in [3.63, 3.8) is 0 Å². The first kappa shape index (κ1) is 16.5. The summed E-state index contributed by atoms with van der Waals surface area (Å²) in [6, 6.07) is 6.98. The molecule has 0 amide bonds. The molecule has 0 radical (unpaired) electrons. The van der Waals surface area contributed by atoms with Gasteiger partial charge < -0.3 is 4.74 Å².